The molecule has 35 nitrogen and oxygen atoms in total. The number of rotatable bonds is 30. The van der Waals surface area contributed by atoms with Gasteiger partial charge in [-0.15, -0.1) is 20.4 Å². The number of carbonyl (C=O) groups is 9. The van der Waals surface area contributed by atoms with Crippen LogP contribution in [0.4, 0.5) is 0 Å². The molecular weight excluding hydrogens is 1490 g/mol. The minimum atomic E-state index is -1.20. The predicted octanol–water partition coefficient (Wildman–Crippen LogP) is 4.47. The number of piperidine rings is 2. The Balaban J connectivity index is 0.692. The fourth-order valence-corrected chi connectivity index (χ4v) is 15.2. The minimum Gasteiger partial charge on any atom is -0.508 e. The third-order valence-electron chi connectivity index (χ3n) is 21.5. The van der Waals surface area contributed by atoms with Gasteiger partial charge in [0.25, 0.3) is 11.8 Å². The Labute approximate surface area is 666 Å². The second-order valence-corrected chi connectivity index (χ2v) is 30.4. The summed E-state index contributed by atoms with van der Waals surface area (Å²) in [4.78, 5) is 147. The maximum atomic E-state index is 14.1. The van der Waals surface area contributed by atoms with E-state index in [1.807, 2.05) is 90.9 Å². The summed E-state index contributed by atoms with van der Waals surface area (Å²) >= 11 is 0. The van der Waals surface area contributed by atoms with Gasteiger partial charge in [-0.1, -0.05) is 52.0 Å². The molecule has 4 bridgehead atoms. The number of aliphatic carboxylic acids is 1. The van der Waals surface area contributed by atoms with E-state index in [0.717, 1.165) is 49.7 Å². The number of carboxylic acids is 1. The van der Waals surface area contributed by atoms with Crippen molar-refractivity contribution in [2.24, 2.45) is 11.8 Å². The highest BCUT2D eigenvalue weighted by Gasteiger charge is 2.35. The van der Waals surface area contributed by atoms with E-state index in [1.54, 1.807) is 49.8 Å². The second-order valence-electron chi connectivity index (χ2n) is 30.4. The number of ether oxygens (including phenoxy) is 2. The topological polar surface area (TPSA) is 421 Å². The van der Waals surface area contributed by atoms with Gasteiger partial charge >= 0.3 is 23.9 Å². The molecule has 8 N–H and O–H groups in total. The molecule has 2 aromatic heterocycles. The zero-order valence-corrected chi connectivity index (χ0v) is 66.1. The van der Waals surface area contributed by atoms with Crippen molar-refractivity contribution in [3.8, 4) is 57.1 Å². The molecular formula is C80H106N16O19. The summed E-state index contributed by atoms with van der Waals surface area (Å²) in [5.74, 6) is -5.12. The molecule has 0 radical (unpaired) electrons. The van der Waals surface area contributed by atoms with Crippen molar-refractivity contribution < 1.29 is 92.7 Å². The van der Waals surface area contributed by atoms with Crippen molar-refractivity contribution >= 4 is 53.4 Å². The summed E-state index contributed by atoms with van der Waals surface area (Å²) in [7, 11) is 0. The molecule has 115 heavy (non-hydrogen) atoms. The lowest BCUT2D eigenvalue weighted by Gasteiger charge is -2.35. The first-order chi connectivity index (χ1) is 55.3. The average molecular weight is 1600 g/mol. The first-order valence-corrected chi connectivity index (χ1v) is 39.6. The van der Waals surface area contributed by atoms with E-state index in [4.69, 9.17) is 24.0 Å². The molecule has 7 heterocycles. The summed E-state index contributed by atoms with van der Waals surface area (Å²) in [5, 5.41) is 79.9. The summed E-state index contributed by atoms with van der Waals surface area (Å²) in [6, 6.07) is 19.2. The van der Waals surface area contributed by atoms with Crippen LogP contribution in [0, 0.1) is 11.8 Å². The number of amides is 5. The molecule has 0 aliphatic carbocycles. The van der Waals surface area contributed by atoms with Gasteiger partial charge in [0.2, 0.25) is 34.8 Å². The number of phenols is 4. The van der Waals surface area contributed by atoms with Gasteiger partial charge in [-0.25, -0.2) is 14.4 Å². The summed E-state index contributed by atoms with van der Waals surface area (Å²) in [5.41, 5.74) is 5.03. The number of nitrogens with one attached hydrogen (secondary N) is 3. The van der Waals surface area contributed by atoms with Crippen LogP contribution in [0.1, 0.15) is 148 Å². The van der Waals surface area contributed by atoms with Crippen molar-refractivity contribution in [2.75, 3.05) is 138 Å². The van der Waals surface area contributed by atoms with E-state index >= 15 is 0 Å². The molecule has 0 spiro atoms. The van der Waals surface area contributed by atoms with Crippen molar-refractivity contribution in [2.45, 2.75) is 130 Å². The van der Waals surface area contributed by atoms with Crippen LogP contribution in [-0.2, 0) is 70.4 Å². The number of carbonyl (C=O) groups excluding carboxylic acids is 8. The Morgan fingerprint density at radius 2 is 0.887 bits per heavy atom. The number of hydrogen-bond donors (Lipinski definition) is 8. The van der Waals surface area contributed by atoms with E-state index < -0.39 is 53.7 Å². The third-order valence-corrected chi connectivity index (χ3v) is 21.5. The lowest BCUT2D eigenvalue weighted by atomic mass is 9.90. The summed E-state index contributed by atoms with van der Waals surface area (Å²) in [6.45, 7) is 14.9. The predicted molar refractivity (Wildman–Crippen MR) is 415 cm³/mol. The Kier molecular flexibility index (Phi) is 29.7. The lowest BCUT2D eigenvalue weighted by Crippen LogP contribution is -2.52. The molecule has 0 saturated carbocycles. The Hall–Kier alpha value is -10.7. The quantitative estimate of drug-likeness (QED) is 0.0288. The number of hydrogen-bond acceptors (Lipinski definition) is 27. The van der Waals surface area contributed by atoms with Crippen molar-refractivity contribution in [1.82, 2.24) is 80.3 Å². The SMILES string of the molecule is CCNC(=O)c1nnc(-c2cc(C(C)C)c(O)cc2O)n1-c1ccc(CC2CCN(C(=O)CCOCC(COCCC(=O)N3CCC(Cc4ccc(-n5c(C(=O)NCC)nnc5-c5cc(C(C)C)c(O)cc5O)cc4)CC3)NC(=O)CC[C@H](C(=O)O)N3CCN4CCN5CCN(CC3)CC(=O)ON(OC(=O)C5)OC(=O)C4)CC2)cc1. The van der Waals surface area contributed by atoms with E-state index in [1.165, 1.54) is 12.1 Å². The molecule has 5 amide bonds. The van der Waals surface area contributed by atoms with Gasteiger partial charge < -0.3 is 60.8 Å². The second kappa shape index (κ2) is 40.1. The van der Waals surface area contributed by atoms with E-state index in [0.29, 0.717) is 86.0 Å². The van der Waals surface area contributed by atoms with Crippen LogP contribution < -0.4 is 16.0 Å². The number of aromatic nitrogens is 6. The molecule has 3 atom stereocenters. The smallest absolute Gasteiger partial charge is 0.346 e. The van der Waals surface area contributed by atoms with Crippen LogP contribution in [0.5, 0.6) is 23.0 Å². The van der Waals surface area contributed by atoms with Crippen molar-refractivity contribution in [3.05, 3.63) is 107 Å². The monoisotopic (exact) mass is 1590 g/mol. The molecule has 5 aliphatic heterocycles. The fourth-order valence-electron chi connectivity index (χ4n) is 15.2. The van der Waals surface area contributed by atoms with E-state index in [-0.39, 0.29) is 198 Å². The molecule has 620 valence electrons. The highest BCUT2D eigenvalue weighted by Crippen LogP contribution is 2.41. The normalized spacial score (nSPS) is 19.2. The highest BCUT2D eigenvalue weighted by molar-refractivity contribution is 5.93. The summed E-state index contributed by atoms with van der Waals surface area (Å²) < 4.78 is 15.4. The van der Waals surface area contributed by atoms with Crippen molar-refractivity contribution in [1.29, 1.82) is 0 Å². The number of likely N-dealkylation sites (tertiary alicyclic amines) is 2. The van der Waals surface area contributed by atoms with Crippen molar-refractivity contribution in [3.63, 3.8) is 0 Å². The maximum absolute atomic E-state index is 14.1. The molecule has 2 unspecified atom stereocenters. The zero-order chi connectivity index (χ0) is 82.0. The van der Waals surface area contributed by atoms with Gasteiger partial charge in [-0.3, -0.25) is 72.0 Å². The van der Waals surface area contributed by atoms with Gasteiger partial charge in [0.15, 0.2) is 11.6 Å². The molecule has 5 aliphatic rings. The Morgan fingerprint density at radius 3 is 1.25 bits per heavy atom. The molecule has 5 saturated heterocycles. The van der Waals surface area contributed by atoms with Crippen LogP contribution in [0.2, 0.25) is 0 Å². The van der Waals surface area contributed by atoms with Crippen LogP contribution in [-0.4, -0.2) is 293 Å². The van der Waals surface area contributed by atoms with E-state index in [2.05, 4.69) is 36.3 Å². The highest BCUT2D eigenvalue weighted by atomic mass is 17.2. The number of carboxylic acid groups (broad SMARTS) is 1. The first-order valence-electron chi connectivity index (χ1n) is 39.6. The standard InChI is InChI=1S/C80H106N16O19/c1-7-81-78(107)76-86-84-74(61-41-59(50(3)4)64(97)43-66(61)99)94(76)57-13-9-52(10-14-57)39-54-19-25-92(26-20-54)69(102)23-37-111-48-56(83-68(101)18-17-63(80(109)110)91-35-33-89-31-29-88-30-32-90(34-36-91)47-73(106)115-96(113-71(104)45-88)114-72(105)46-89)49-112-38-24-70(103)93-27-21-55(22-28-93)40-53-11-15-58(16-12-53)95-75(85-87-77(95)79(108)82-8-2)62-42-60(51(5)6)65(98)44-67(62)100/h9-16,41-44,50-51,54-56,63,97-100H,7-8,17-40,45-49H2,1-6H3,(H,81,107)(H,82,108)(H,83,101)(H,109,110)/t63-/m1/s1. The third kappa shape index (κ3) is 22.7. The number of nitrogens with zero attached hydrogens (tertiary/aromatic N) is 13. The van der Waals surface area contributed by atoms with Gasteiger partial charge in [0, 0.05) is 122 Å². The van der Waals surface area contributed by atoms with E-state index in [9.17, 15) is 68.7 Å². The van der Waals surface area contributed by atoms with Crippen LogP contribution in [0.25, 0.3) is 34.2 Å². The molecule has 11 rings (SSSR count). The zero-order valence-electron chi connectivity index (χ0n) is 66.1. The lowest BCUT2D eigenvalue weighted by molar-refractivity contribution is -0.464. The van der Waals surface area contributed by atoms with Crippen LogP contribution in [0.15, 0.2) is 72.8 Å². The Morgan fingerprint density at radius 1 is 0.504 bits per heavy atom. The molecule has 6 aromatic rings. The van der Waals surface area contributed by atoms with Crippen LogP contribution >= 0.6 is 0 Å². The fraction of sp³-hybridized carbons (Fsp3) is 0.537. The summed E-state index contributed by atoms with van der Waals surface area (Å²) in [6.07, 6.45) is 4.14. The minimum absolute atomic E-state index is 0.0117. The van der Waals surface area contributed by atoms with Gasteiger partial charge in [0.1, 0.15) is 29.0 Å². The molecule has 4 aromatic carbocycles. The van der Waals surface area contributed by atoms with Gasteiger partial charge in [0.05, 0.1) is 76.1 Å². The number of fused-ring (bicyclic) bond motifs is 7. The molecule has 5 fully saturated rings. The Bertz CT molecular complexity index is 4160. The number of aromatic hydroxyl groups is 4. The van der Waals surface area contributed by atoms with Crippen LogP contribution in [0.3, 0.4) is 0 Å². The number of phenolic OH excluding ortho intramolecular Hbond substituents is 4. The first kappa shape index (κ1) is 85.2. The van der Waals surface area contributed by atoms with Gasteiger partial charge in [-0.05, 0) is 141 Å². The molecule has 35 heteroatoms. The maximum Gasteiger partial charge on any atom is 0.346 e. The average Bonchev–Trinajstić information content (AvgIpc) is 1.66. The van der Waals surface area contributed by atoms with Gasteiger partial charge in [-0.2, -0.15) is 0 Å². The largest absolute Gasteiger partial charge is 0.508 e. The number of benzene rings is 4.